The molecule has 0 unspecified atom stereocenters. The molecule has 3 aromatic rings. The van der Waals surface area contributed by atoms with Crippen LogP contribution in [0.15, 0.2) is 48.9 Å². The Kier molecular flexibility index (Phi) is 25.5. The number of fused-ring (bicyclic) bond motifs is 1. The highest BCUT2D eigenvalue weighted by molar-refractivity contribution is 15.0. The highest BCUT2D eigenvalue weighted by Crippen LogP contribution is 2.12. The standard InChI is InChI=1S/C9H9N3.C6H7N.C2H6.3CH4.I2/c1-6-2-3-8-7(4-6)5-11-9(10)12-8;1-6-2-4-7-5-3-6;1-2;;;;1-2/h2-5H,1H3,(H2,10,11,12);2-5H,1H3;1-2H3;3*1H4;. The first-order chi connectivity index (χ1) is 11.1. The average Bonchev–Trinajstić information content (AvgIpc) is 2.60. The van der Waals surface area contributed by atoms with Crippen LogP contribution in [0.25, 0.3) is 10.9 Å². The zero-order chi connectivity index (χ0) is 17.7. The van der Waals surface area contributed by atoms with Gasteiger partial charge in [0.15, 0.2) is 0 Å². The van der Waals surface area contributed by atoms with Crippen molar-refractivity contribution in [2.45, 2.75) is 50.0 Å². The summed E-state index contributed by atoms with van der Waals surface area (Å²) in [6, 6.07) is 9.94. The third-order valence-electron chi connectivity index (χ3n) is 2.60. The fourth-order valence-electron chi connectivity index (χ4n) is 1.59. The lowest BCUT2D eigenvalue weighted by molar-refractivity contribution is 1.24. The van der Waals surface area contributed by atoms with Gasteiger partial charge in [-0.1, -0.05) is 47.8 Å². The van der Waals surface area contributed by atoms with Crippen LogP contribution in [0.5, 0.6) is 0 Å². The van der Waals surface area contributed by atoms with Crippen LogP contribution >= 0.6 is 37.2 Å². The highest BCUT2D eigenvalue weighted by Gasteiger charge is 1.95. The molecule has 0 atom stereocenters. The molecule has 0 radical (unpaired) electrons. The van der Waals surface area contributed by atoms with Crippen molar-refractivity contribution < 1.29 is 0 Å². The van der Waals surface area contributed by atoms with Crippen LogP contribution in [0.3, 0.4) is 0 Å². The lowest BCUT2D eigenvalue weighted by Gasteiger charge is -1.98. The molecule has 0 spiro atoms. The molecule has 0 aliphatic heterocycles. The molecule has 148 valence electrons. The number of nitrogens with two attached hydrogens (primary N) is 1. The van der Waals surface area contributed by atoms with Crippen molar-refractivity contribution in [2.24, 2.45) is 0 Å². The fraction of sp³-hybridized carbons (Fsp3) is 0.350. The first-order valence-electron chi connectivity index (χ1n) is 7.15. The Bertz CT molecular complexity index is 636. The topological polar surface area (TPSA) is 64.7 Å². The van der Waals surface area contributed by atoms with Gasteiger partial charge in [0.1, 0.15) is 0 Å². The number of hydrogen-bond acceptors (Lipinski definition) is 4. The maximum absolute atomic E-state index is 5.44. The minimum atomic E-state index is 0. The molecule has 2 aromatic heterocycles. The highest BCUT2D eigenvalue weighted by atomic mass is 128. The van der Waals surface area contributed by atoms with Gasteiger partial charge in [0.2, 0.25) is 5.95 Å². The normalized spacial score (nSPS) is 7.62. The molecular weight excluding hydrogens is 550 g/mol. The van der Waals surface area contributed by atoms with Gasteiger partial charge in [-0.3, -0.25) is 4.98 Å². The summed E-state index contributed by atoms with van der Waals surface area (Å²) < 4.78 is 0. The summed E-state index contributed by atoms with van der Waals surface area (Å²) in [6.45, 7) is 8.08. The summed E-state index contributed by atoms with van der Waals surface area (Å²) in [5.74, 6) is 0.325. The summed E-state index contributed by atoms with van der Waals surface area (Å²) in [5.41, 5.74) is 8.80. The van der Waals surface area contributed by atoms with Crippen molar-refractivity contribution in [3.63, 3.8) is 0 Å². The smallest absolute Gasteiger partial charge is 0.220 e. The van der Waals surface area contributed by atoms with Crippen molar-refractivity contribution in [1.29, 1.82) is 0 Å². The number of aryl methyl sites for hydroxylation is 2. The van der Waals surface area contributed by atoms with Crippen molar-refractivity contribution in [1.82, 2.24) is 15.0 Å². The van der Waals surface area contributed by atoms with E-state index in [0.717, 1.165) is 10.9 Å². The second kappa shape index (κ2) is 20.3. The van der Waals surface area contributed by atoms with Crippen LogP contribution in [0.4, 0.5) is 5.95 Å². The summed E-state index contributed by atoms with van der Waals surface area (Å²) in [7, 11) is 0. The van der Waals surface area contributed by atoms with Gasteiger partial charge in [0, 0.05) is 61.2 Å². The Hall–Kier alpha value is -1.03. The van der Waals surface area contributed by atoms with Crippen molar-refractivity contribution in [2.75, 3.05) is 5.73 Å². The second-order valence-corrected chi connectivity index (χ2v) is 4.32. The fourth-order valence-corrected chi connectivity index (χ4v) is 1.59. The molecule has 2 heterocycles. The van der Waals surface area contributed by atoms with Gasteiger partial charge in [0.05, 0.1) is 5.52 Å². The van der Waals surface area contributed by atoms with E-state index >= 15 is 0 Å². The van der Waals surface area contributed by atoms with E-state index in [9.17, 15) is 0 Å². The van der Waals surface area contributed by atoms with Crippen LogP contribution in [0.1, 0.15) is 47.3 Å². The molecule has 3 rings (SSSR count). The maximum atomic E-state index is 5.44. The Labute approximate surface area is 183 Å². The Balaban J connectivity index is -0.000000152. The Morgan fingerprint density at radius 1 is 0.846 bits per heavy atom. The minimum Gasteiger partial charge on any atom is -0.368 e. The van der Waals surface area contributed by atoms with E-state index < -0.39 is 0 Å². The van der Waals surface area contributed by atoms with Crippen molar-refractivity contribution >= 4 is 54.1 Å². The number of nitrogens with zero attached hydrogens (tertiary/aromatic N) is 3. The van der Waals surface area contributed by atoms with E-state index in [1.807, 2.05) is 58.0 Å². The molecular formula is C20H34I2N4. The van der Waals surface area contributed by atoms with Gasteiger partial charge in [-0.15, -0.1) is 0 Å². The SMILES string of the molecule is C.C.C.CC.Cc1ccc2nc(N)ncc2c1.Cc1ccncc1.II. The van der Waals surface area contributed by atoms with Gasteiger partial charge in [-0.05, 0) is 43.7 Å². The van der Waals surface area contributed by atoms with Gasteiger partial charge >= 0.3 is 0 Å². The van der Waals surface area contributed by atoms with Crippen LogP contribution in [-0.2, 0) is 0 Å². The molecule has 0 amide bonds. The molecule has 0 aliphatic rings. The minimum absolute atomic E-state index is 0. The van der Waals surface area contributed by atoms with E-state index in [0.29, 0.717) is 5.95 Å². The van der Waals surface area contributed by atoms with E-state index in [-0.39, 0.29) is 22.3 Å². The summed E-state index contributed by atoms with van der Waals surface area (Å²) in [6.07, 6.45) is 5.31. The number of benzene rings is 1. The third-order valence-corrected chi connectivity index (χ3v) is 2.60. The van der Waals surface area contributed by atoms with E-state index in [4.69, 9.17) is 5.73 Å². The summed E-state index contributed by atoms with van der Waals surface area (Å²) >= 11 is 4.24. The summed E-state index contributed by atoms with van der Waals surface area (Å²) in [4.78, 5) is 11.8. The van der Waals surface area contributed by atoms with Crippen molar-refractivity contribution in [3.05, 3.63) is 60.0 Å². The molecule has 26 heavy (non-hydrogen) atoms. The van der Waals surface area contributed by atoms with Gasteiger partial charge in [-0.25, -0.2) is 9.97 Å². The van der Waals surface area contributed by atoms with Gasteiger partial charge in [-0.2, -0.15) is 0 Å². The maximum Gasteiger partial charge on any atom is 0.220 e. The molecule has 0 saturated heterocycles. The quantitative estimate of drug-likeness (QED) is 0.276. The average molecular weight is 584 g/mol. The Morgan fingerprint density at radius 2 is 1.38 bits per heavy atom. The lowest BCUT2D eigenvalue weighted by Crippen LogP contribution is -1.93. The van der Waals surface area contributed by atoms with Crippen LogP contribution in [0.2, 0.25) is 0 Å². The largest absolute Gasteiger partial charge is 0.368 e. The number of anilines is 1. The monoisotopic (exact) mass is 584 g/mol. The number of hydrogen-bond donors (Lipinski definition) is 1. The number of rotatable bonds is 0. The van der Waals surface area contributed by atoms with Crippen molar-refractivity contribution in [3.8, 4) is 0 Å². The lowest BCUT2D eigenvalue weighted by atomic mass is 10.2. The molecule has 0 aliphatic carbocycles. The van der Waals surface area contributed by atoms with Gasteiger partial charge < -0.3 is 5.73 Å². The molecule has 1 aromatic carbocycles. The van der Waals surface area contributed by atoms with Crippen LogP contribution < -0.4 is 5.73 Å². The summed E-state index contributed by atoms with van der Waals surface area (Å²) in [5, 5.41) is 1.03. The number of nitrogen functional groups attached to an aromatic ring is 1. The molecule has 2 N–H and O–H groups in total. The second-order valence-electron chi connectivity index (χ2n) is 4.32. The number of pyridine rings is 1. The zero-order valence-electron chi connectivity index (χ0n) is 13.8. The number of aromatic nitrogens is 3. The third kappa shape index (κ3) is 13.2. The molecule has 4 nitrogen and oxygen atoms in total. The van der Waals surface area contributed by atoms with Crippen LogP contribution in [-0.4, -0.2) is 15.0 Å². The molecule has 0 bridgehead atoms. The van der Waals surface area contributed by atoms with E-state index in [1.54, 1.807) is 18.6 Å². The van der Waals surface area contributed by atoms with Crippen LogP contribution in [0, 0.1) is 13.8 Å². The predicted octanol–water partition coefficient (Wildman–Crippen LogP) is 7.62. The van der Waals surface area contributed by atoms with Gasteiger partial charge in [0.25, 0.3) is 0 Å². The van der Waals surface area contributed by atoms with E-state index in [1.165, 1.54) is 11.1 Å². The number of halogens is 2. The molecule has 0 saturated carbocycles. The zero-order valence-corrected chi connectivity index (χ0v) is 18.1. The van der Waals surface area contributed by atoms with E-state index in [2.05, 4.69) is 52.2 Å². The Morgan fingerprint density at radius 3 is 1.85 bits per heavy atom. The first-order valence-corrected chi connectivity index (χ1v) is 13.4. The molecule has 6 heteroatoms. The first kappa shape index (κ1) is 32.6. The predicted molar refractivity (Wildman–Crippen MR) is 137 cm³/mol. The molecule has 0 fully saturated rings.